The molecule has 0 N–H and O–H groups in total. The quantitative estimate of drug-likeness (QED) is 0.159. The van der Waals surface area contributed by atoms with Gasteiger partial charge in [-0.25, -0.2) is 0 Å². The molecule has 0 saturated carbocycles. The van der Waals surface area contributed by atoms with E-state index in [9.17, 15) is 0 Å². The van der Waals surface area contributed by atoms with E-state index in [4.69, 9.17) is 0 Å². The Balaban J connectivity index is 0.972. The molecule has 4 atom stereocenters. The van der Waals surface area contributed by atoms with Gasteiger partial charge in [0.1, 0.15) is 0 Å². The zero-order valence-electron chi connectivity index (χ0n) is 31.8. The highest BCUT2D eigenvalue weighted by Gasteiger charge is 2.34. The lowest BCUT2D eigenvalue weighted by atomic mass is 9.82. The monoisotopic (exact) mass is 769 g/mol. The summed E-state index contributed by atoms with van der Waals surface area (Å²) < 4.78 is 2.70. The molecule has 276 valence electrons. The van der Waals surface area contributed by atoms with Gasteiger partial charge in [-0.05, 0) is 95.0 Å². The first-order valence-electron chi connectivity index (χ1n) is 20.4. The smallest absolute Gasteiger partial charge is 0.0640 e. The third-order valence-corrected chi connectivity index (χ3v) is 15.0. The van der Waals surface area contributed by atoms with E-state index in [1.54, 1.807) is 0 Å². The molecule has 1 aliphatic heterocycles. The standard InChI is InChI=1S/C54H43NS2/c1-3-12-36(13-4-1)37-24-26-38(27-25-37)39-28-32-42(33-29-39)55(43-34-30-41(31-35-43)44-17-11-23-51-52(44)48-16-7-8-22-50(48)56-51)49-21-10-20-47-46-19-9-18-45(53(46)57-54(47)49)40-14-5-2-6-15-40/h1,3-5,7-26,28-30,32-35,38,41,48,50H,2,6,27,31H2. The summed E-state index contributed by atoms with van der Waals surface area (Å²) in [6, 6.07) is 40.8. The van der Waals surface area contributed by atoms with Crippen molar-refractivity contribution in [3.63, 3.8) is 0 Å². The molecule has 5 aromatic carbocycles. The summed E-state index contributed by atoms with van der Waals surface area (Å²) in [5, 5.41) is 3.16. The maximum absolute atomic E-state index is 2.52. The second-order valence-electron chi connectivity index (χ2n) is 15.7. The third-order valence-electron chi connectivity index (χ3n) is 12.4. The van der Waals surface area contributed by atoms with Crippen LogP contribution >= 0.6 is 23.1 Å². The number of thiophene rings is 1. The van der Waals surface area contributed by atoms with Crippen molar-refractivity contribution in [3.05, 3.63) is 222 Å². The zero-order chi connectivity index (χ0) is 37.7. The van der Waals surface area contributed by atoms with Gasteiger partial charge in [0, 0.05) is 54.8 Å². The fourth-order valence-corrected chi connectivity index (χ4v) is 12.2. The number of thioether (sulfide) groups is 1. The predicted octanol–water partition coefficient (Wildman–Crippen LogP) is 15.4. The number of hydrogen-bond donors (Lipinski definition) is 0. The van der Waals surface area contributed by atoms with Crippen LogP contribution < -0.4 is 4.90 Å². The summed E-state index contributed by atoms with van der Waals surface area (Å²) in [6.07, 6.45) is 34.9. The largest absolute Gasteiger partial charge is 0.309 e. The van der Waals surface area contributed by atoms with Crippen LogP contribution in [0.4, 0.5) is 11.4 Å². The fraction of sp³-hybridized carbons (Fsp3) is 0.148. The van der Waals surface area contributed by atoms with Crippen LogP contribution in [0.25, 0.3) is 31.3 Å². The van der Waals surface area contributed by atoms with Gasteiger partial charge in [-0.1, -0.05) is 158 Å². The molecule has 0 amide bonds. The summed E-state index contributed by atoms with van der Waals surface area (Å²) >= 11 is 3.97. The second-order valence-corrected chi connectivity index (χ2v) is 17.9. The zero-order valence-corrected chi connectivity index (χ0v) is 33.4. The predicted molar refractivity (Wildman–Crippen MR) is 247 cm³/mol. The van der Waals surface area contributed by atoms with E-state index >= 15 is 0 Å². The van der Waals surface area contributed by atoms with Crippen LogP contribution in [-0.4, -0.2) is 5.25 Å². The molecule has 0 saturated heterocycles. The van der Waals surface area contributed by atoms with Crippen LogP contribution in [-0.2, 0) is 0 Å². The van der Waals surface area contributed by atoms with Gasteiger partial charge in [0.15, 0.2) is 0 Å². The summed E-state index contributed by atoms with van der Waals surface area (Å²) in [4.78, 5) is 3.96. The Morgan fingerprint density at radius 2 is 1.39 bits per heavy atom. The molecule has 4 aliphatic carbocycles. The first-order chi connectivity index (χ1) is 28.3. The number of anilines is 2. The van der Waals surface area contributed by atoms with Crippen LogP contribution in [0.1, 0.15) is 71.3 Å². The minimum atomic E-state index is 0.345. The van der Waals surface area contributed by atoms with Crippen LogP contribution in [0.15, 0.2) is 199 Å². The third kappa shape index (κ3) is 6.25. The van der Waals surface area contributed by atoms with Gasteiger partial charge in [-0.3, -0.25) is 0 Å². The van der Waals surface area contributed by atoms with Crippen molar-refractivity contribution < 1.29 is 0 Å². The van der Waals surface area contributed by atoms with E-state index in [-0.39, 0.29) is 0 Å². The molecule has 57 heavy (non-hydrogen) atoms. The summed E-state index contributed by atoms with van der Waals surface area (Å²) in [5.74, 6) is 1.16. The lowest BCUT2D eigenvalue weighted by Crippen LogP contribution is -2.18. The maximum atomic E-state index is 2.52. The van der Waals surface area contributed by atoms with Gasteiger partial charge in [-0.2, -0.15) is 0 Å². The molecule has 4 unspecified atom stereocenters. The van der Waals surface area contributed by atoms with Crippen LogP contribution in [0.2, 0.25) is 0 Å². The van der Waals surface area contributed by atoms with Crippen molar-refractivity contribution >= 4 is 65.8 Å². The molecular formula is C54H43NS2. The van der Waals surface area contributed by atoms with E-state index < -0.39 is 0 Å². The first-order valence-corrected chi connectivity index (χ1v) is 22.1. The van der Waals surface area contributed by atoms with Gasteiger partial charge in [0.25, 0.3) is 0 Å². The van der Waals surface area contributed by atoms with E-state index in [0.29, 0.717) is 23.0 Å². The number of rotatable bonds is 7. The highest BCUT2D eigenvalue weighted by Crippen LogP contribution is 2.52. The van der Waals surface area contributed by atoms with Gasteiger partial charge < -0.3 is 4.90 Å². The second kappa shape index (κ2) is 14.7. The summed E-state index contributed by atoms with van der Waals surface area (Å²) in [5.41, 5.74) is 13.3. The molecule has 3 heteroatoms. The van der Waals surface area contributed by atoms with Gasteiger partial charge >= 0.3 is 0 Å². The molecule has 0 spiro atoms. The molecule has 11 rings (SSSR count). The van der Waals surface area contributed by atoms with Crippen LogP contribution in [0, 0.1) is 0 Å². The first kappa shape index (κ1) is 34.6. The van der Waals surface area contributed by atoms with E-state index in [0.717, 1.165) is 25.7 Å². The Labute approximate surface area is 344 Å². The van der Waals surface area contributed by atoms with E-state index in [1.165, 1.54) is 81.1 Å². The topological polar surface area (TPSA) is 3.24 Å². The molecular weight excluding hydrogens is 727 g/mol. The molecule has 0 bridgehead atoms. The lowest BCUT2D eigenvalue weighted by molar-refractivity contribution is 0.787. The Morgan fingerprint density at radius 3 is 2.19 bits per heavy atom. The Morgan fingerprint density at radius 1 is 0.579 bits per heavy atom. The van der Waals surface area contributed by atoms with E-state index in [2.05, 4.69) is 193 Å². The van der Waals surface area contributed by atoms with Crippen molar-refractivity contribution in [2.24, 2.45) is 0 Å². The van der Waals surface area contributed by atoms with Gasteiger partial charge in [0.05, 0.1) is 10.4 Å². The van der Waals surface area contributed by atoms with Crippen molar-refractivity contribution in [3.8, 4) is 0 Å². The van der Waals surface area contributed by atoms with Gasteiger partial charge in [0.2, 0.25) is 0 Å². The average molecular weight is 770 g/mol. The average Bonchev–Trinajstić information content (AvgIpc) is 3.87. The minimum Gasteiger partial charge on any atom is -0.309 e. The van der Waals surface area contributed by atoms with Crippen molar-refractivity contribution in [1.82, 2.24) is 0 Å². The normalized spacial score (nSPS) is 22.0. The van der Waals surface area contributed by atoms with Crippen LogP contribution in [0.5, 0.6) is 0 Å². The highest BCUT2D eigenvalue weighted by atomic mass is 32.2. The van der Waals surface area contributed by atoms with E-state index in [1.807, 2.05) is 23.1 Å². The fourth-order valence-electron chi connectivity index (χ4n) is 9.49. The minimum absolute atomic E-state index is 0.345. The molecule has 1 aromatic heterocycles. The molecule has 5 aliphatic rings. The molecule has 0 fully saturated rings. The highest BCUT2D eigenvalue weighted by molar-refractivity contribution is 8.00. The Kier molecular flexibility index (Phi) is 8.94. The Bertz CT molecular complexity index is 2780. The number of benzene rings is 5. The molecule has 6 aromatic rings. The SMILES string of the molecule is C1=CC2Sc3cccc(C4C=CC(N(c5ccc(C6C=CC(c7ccccc7)=CC6)cc5)c5cccc6c5sc5c(C7=CCCC=C7)cccc56)=CC4)c3C2C=C1. The molecule has 0 radical (unpaired) electrons. The van der Waals surface area contributed by atoms with Gasteiger partial charge in [-0.15, -0.1) is 23.1 Å². The summed E-state index contributed by atoms with van der Waals surface area (Å²) in [7, 11) is 0. The molecule has 2 heterocycles. The van der Waals surface area contributed by atoms with Crippen LogP contribution in [0.3, 0.4) is 0 Å². The summed E-state index contributed by atoms with van der Waals surface area (Å²) in [6.45, 7) is 0. The lowest BCUT2D eigenvalue weighted by Gasteiger charge is -2.30. The van der Waals surface area contributed by atoms with Crippen molar-refractivity contribution in [1.29, 1.82) is 0 Å². The van der Waals surface area contributed by atoms with Crippen molar-refractivity contribution in [2.45, 2.75) is 53.6 Å². The number of allylic oxidation sites excluding steroid dienone is 14. The number of nitrogens with zero attached hydrogens (tertiary/aromatic N) is 1. The number of hydrogen-bond acceptors (Lipinski definition) is 3. The maximum Gasteiger partial charge on any atom is 0.0640 e. The molecule has 1 nitrogen and oxygen atoms in total. The van der Waals surface area contributed by atoms with Crippen molar-refractivity contribution in [2.75, 3.05) is 4.90 Å². The Hall–Kier alpha value is -5.61. The number of fused-ring (bicyclic) bond motifs is 6.